The van der Waals surface area contributed by atoms with Crippen LogP contribution in [0, 0.1) is 0 Å². The molecule has 2 nitrogen and oxygen atoms in total. The molecule has 0 heterocycles. The minimum Gasteiger partial charge on any atom is -0.297 e. The summed E-state index contributed by atoms with van der Waals surface area (Å²) in [5, 5.41) is 0. The van der Waals surface area contributed by atoms with Gasteiger partial charge in [0, 0.05) is 21.2 Å². The van der Waals surface area contributed by atoms with Crippen LogP contribution in [0.15, 0.2) is 0 Å². The predicted molar refractivity (Wildman–Crippen MR) is 39.5 cm³/mol. The van der Waals surface area contributed by atoms with Gasteiger partial charge in [-0.2, -0.15) is 0 Å². The molecular weight excluding hydrogens is 255 g/mol. The molecule has 2 unspecified atom stereocenters. The van der Waals surface area contributed by atoms with E-state index in [1.54, 1.807) is 21.2 Å². The molecule has 0 saturated carbocycles. The molecule has 6 heavy (non-hydrogen) atoms. The van der Waals surface area contributed by atoms with Gasteiger partial charge in [0.25, 0.3) is 0 Å². The van der Waals surface area contributed by atoms with Crippen LogP contribution in [-0.4, -0.2) is 8.76 Å². The van der Waals surface area contributed by atoms with Crippen LogP contribution in [0.3, 0.4) is 0 Å². The van der Waals surface area contributed by atoms with Gasteiger partial charge >= 0.3 is 0 Å². The predicted octanol–water partition coefficient (Wildman–Crippen LogP) is 0.553. The maximum absolute atomic E-state index is 9.71. The Morgan fingerprint density at radius 1 is 1.83 bits per heavy atom. The molecule has 0 saturated heterocycles. The monoisotopic (exact) mass is 256 g/mol. The first kappa shape index (κ1) is 7.41. The Morgan fingerprint density at radius 2 is 2.00 bits per heavy atom. The molecule has 0 radical (unpaired) electrons. The zero-order valence-corrected chi connectivity index (χ0v) is 7.07. The van der Waals surface area contributed by atoms with E-state index in [1.807, 2.05) is 0 Å². The van der Waals surface area contributed by atoms with Crippen molar-refractivity contribution in [3.05, 3.63) is 0 Å². The SMILES string of the molecule is O=S(O)S(=S)I. The third-order valence-corrected chi connectivity index (χ3v) is 4.83. The Morgan fingerprint density at radius 3 is 2.00 bits per heavy atom. The van der Waals surface area contributed by atoms with E-state index in [2.05, 4.69) is 11.2 Å². The fourth-order valence-electron chi connectivity index (χ4n) is 0. The van der Waals surface area contributed by atoms with Crippen molar-refractivity contribution < 1.29 is 8.76 Å². The Bertz CT molecular complexity index is 74.8. The van der Waals surface area contributed by atoms with Gasteiger partial charge in [-0.05, 0) is 11.2 Å². The second kappa shape index (κ2) is 3.42. The van der Waals surface area contributed by atoms with Crippen LogP contribution in [0.2, 0.25) is 0 Å². The molecular formula is HIO2S3. The topological polar surface area (TPSA) is 37.3 Å². The van der Waals surface area contributed by atoms with Crippen molar-refractivity contribution in [3.63, 3.8) is 0 Å². The molecule has 0 spiro atoms. The fraction of sp³-hybridized carbons (Fsp3) is 0. The summed E-state index contributed by atoms with van der Waals surface area (Å²) in [6.45, 7) is 0. The first-order valence-electron chi connectivity index (χ1n) is 0.837. The quantitative estimate of drug-likeness (QED) is 0.322. The lowest BCUT2D eigenvalue weighted by molar-refractivity contribution is 0.581. The van der Waals surface area contributed by atoms with Gasteiger partial charge in [-0.15, -0.1) is 0 Å². The van der Waals surface area contributed by atoms with Gasteiger partial charge < -0.3 is 0 Å². The summed E-state index contributed by atoms with van der Waals surface area (Å²) < 4.78 is 17.7. The van der Waals surface area contributed by atoms with Crippen LogP contribution in [0.1, 0.15) is 0 Å². The van der Waals surface area contributed by atoms with Gasteiger partial charge in [-0.1, -0.05) is 0 Å². The molecule has 38 valence electrons. The van der Waals surface area contributed by atoms with Crippen molar-refractivity contribution in [3.8, 4) is 0 Å². The van der Waals surface area contributed by atoms with E-state index in [0.717, 1.165) is 0 Å². The van der Waals surface area contributed by atoms with Crippen molar-refractivity contribution >= 4 is 48.2 Å². The molecule has 2 atom stereocenters. The summed E-state index contributed by atoms with van der Waals surface area (Å²) in [6.07, 6.45) is 0. The second-order valence-electron chi connectivity index (χ2n) is 0.411. The highest BCUT2D eigenvalue weighted by Gasteiger charge is 1.89. The van der Waals surface area contributed by atoms with Crippen LogP contribution in [0.25, 0.3) is 0 Å². The fourth-order valence-corrected chi connectivity index (χ4v) is 0. The zero-order chi connectivity index (χ0) is 5.15. The minimum atomic E-state index is -1.79. The summed E-state index contributed by atoms with van der Waals surface area (Å²) in [5.41, 5.74) is -0.786. The van der Waals surface area contributed by atoms with Gasteiger partial charge in [-0.25, -0.2) is 4.21 Å². The highest BCUT2D eigenvalue weighted by molar-refractivity contribution is 14.2. The summed E-state index contributed by atoms with van der Waals surface area (Å²) in [7, 11) is -1.79. The van der Waals surface area contributed by atoms with E-state index in [4.69, 9.17) is 4.55 Å². The van der Waals surface area contributed by atoms with E-state index >= 15 is 0 Å². The molecule has 0 rings (SSSR count). The Kier molecular flexibility index (Phi) is 4.22. The van der Waals surface area contributed by atoms with Gasteiger partial charge in [0.05, 0.1) is 5.66 Å². The van der Waals surface area contributed by atoms with Gasteiger partial charge in [0.15, 0.2) is 0 Å². The Hall–Kier alpha value is 1.41. The molecule has 6 heteroatoms. The van der Waals surface area contributed by atoms with Crippen molar-refractivity contribution in [2.24, 2.45) is 0 Å². The third kappa shape index (κ3) is 3.59. The first-order valence-corrected chi connectivity index (χ1v) is 7.15. The average molecular weight is 256 g/mol. The van der Waals surface area contributed by atoms with Crippen LogP contribution in [0.5, 0.6) is 0 Å². The van der Waals surface area contributed by atoms with E-state index in [9.17, 15) is 4.21 Å². The van der Waals surface area contributed by atoms with Crippen molar-refractivity contribution in [2.45, 2.75) is 0 Å². The average Bonchev–Trinajstić information content (AvgIpc) is 1.36. The second-order valence-corrected chi connectivity index (χ2v) is 11.0. The molecule has 0 aromatic heterocycles. The molecule has 0 aromatic rings. The van der Waals surface area contributed by atoms with Gasteiger partial charge in [0.2, 0.25) is 10.1 Å². The summed E-state index contributed by atoms with van der Waals surface area (Å²) in [5.74, 6) is 0. The molecule has 0 aliphatic rings. The molecule has 0 fully saturated rings. The summed E-state index contributed by atoms with van der Waals surface area (Å²) in [6, 6.07) is 0. The zero-order valence-electron chi connectivity index (χ0n) is 2.46. The van der Waals surface area contributed by atoms with E-state index < -0.39 is 15.8 Å². The lowest BCUT2D eigenvalue weighted by atomic mass is 15.9. The molecule has 0 aromatic carbocycles. The van der Waals surface area contributed by atoms with Crippen LogP contribution in [0.4, 0.5) is 0 Å². The molecule has 0 aliphatic heterocycles. The standard InChI is InChI=1S/HIO2S3/c1-5(4)6(2)3/h(H,2,3). The lowest BCUT2D eigenvalue weighted by Crippen LogP contribution is -1.83. The summed E-state index contributed by atoms with van der Waals surface area (Å²) >= 11 is 6.09. The van der Waals surface area contributed by atoms with Crippen LogP contribution >= 0.6 is 21.2 Å². The smallest absolute Gasteiger partial charge is 0.230 e. The van der Waals surface area contributed by atoms with E-state index in [-0.39, 0.29) is 0 Å². The van der Waals surface area contributed by atoms with Crippen LogP contribution in [-0.2, 0) is 27.0 Å². The van der Waals surface area contributed by atoms with Crippen molar-refractivity contribution in [2.75, 3.05) is 0 Å². The molecule has 0 bridgehead atoms. The van der Waals surface area contributed by atoms with E-state index in [0.29, 0.717) is 0 Å². The lowest BCUT2D eigenvalue weighted by Gasteiger charge is -1.78. The maximum atomic E-state index is 9.71. The maximum Gasteiger partial charge on any atom is 0.230 e. The Balaban J connectivity index is 3.57. The first-order chi connectivity index (χ1) is 2.64. The van der Waals surface area contributed by atoms with E-state index in [1.165, 1.54) is 0 Å². The number of rotatable bonds is 1. The third-order valence-electron chi connectivity index (χ3n) is 0.112. The van der Waals surface area contributed by atoms with Gasteiger partial charge in [-0.3, -0.25) is 4.55 Å². The number of hydrogen-bond donors (Lipinski definition) is 1. The minimum absolute atomic E-state index is 0.786. The summed E-state index contributed by atoms with van der Waals surface area (Å²) in [4.78, 5) is 0. The van der Waals surface area contributed by atoms with Crippen molar-refractivity contribution in [1.82, 2.24) is 0 Å². The van der Waals surface area contributed by atoms with Gasteiger partial charge in [0.1, 0.15) is 0 Å². The molecule has 0 aliphatic carbocycles. The van der Waals surface area contributed by atoms with Crippen molar-refractivity contribution in [1.29, 1.82) is 0 Å². The highest BCUT2D eigenvalue weighted by atomic mass is 127. The number of hydrogen-bond acceptors (Lipinski definition) is 2. The Labute approximate surface area is 56.6 Å². The van der Waals surface area contributed by atoms with Crippen LogP contribution < -0.4 is 0 Å². The number of halogens is 1. The largest absolute Gasteiger partial charge is 0.297 e. The normalized spacial score (nSPS) is 19.7. The molecule has 1 N–H and O–H groups in total. The molecule has 0 amide bonds. The highest BCUT2D eigenvalue weighted by Crippen LogP contribution is 1.96.